The maximum atomic E-state index is 12.4. The van der Waals surface area contributed by atoms with E-state index in [4.69, 9.17) is 4.74 Å². The Bertz CT molecular complexity index is 704. The number of benzene rings is 2. The van der Waals surface area contributed by atoms with Crippen LogP contribution in [0.3, 0.4) is 0 Å². The SMILES string of the molecule is O=C(NC(c1ccccc1)C1(CO)CC=CC1)OCc1ccccc1. The fraction of sp³-hybridized carbons (Fsp3) is 0.286. The molecular weight excluding hydrogens is 314 g/mol. The van der Waals surface area contributed by atoms with E-state index < -0.39 is 11.5 Å². The number of ether oxygens (including phenoxy) is 1. The molecule has 0 saturated carbocycles. The Labute approximate surface area is 148 Å². The third-order valence-electron chi connectivity index (χ3n) is 4.75. The Morgan fingerprint density at radius 2 is 1.64 bits per heavy atom. The predicted molar refractivity (Wildman–Crippen MR) is 96.8 cm³/mol. The summed E-state index contributed by atoms with van der Waals surface area (Å²) in [5.74, 6) is 0. The minimum atomic E-state index is -0.475. The molecule has 0 aliphatic heterocycles. The molecule has 0 spiro atoms. The zero-order valence-electron chi connectivity index (χ0n) is 14.1. The monoisotopic (exact) mass is 337 g/mol. The Morgan fingerprint density at radius 1 is 1.04 bits per heavy atom. The minimum Gasteiger partial charge on any atom is -0.445 e. The number of carbonyl (C=O) groups is 1. The Kier molecular flexibility index (Phi) is 5.51. The van der Waals surface area contributed by atoms with Crippen molar-refractivity contribution in [1.29, 1.82) is 0 Å². The third kappa shape index (κ3) is 4.09. The van der Waals surface area contributed by atoms with Crippen molar-refractivity contribution in [2.45, 2.75) is 25.5 Å². The molecule has 3 rings (SSSR count). The van der Waals surface area contributed by atoms with Crippen LogP contribution in [0.2, 0.25) is 0 Å². The lowest BCUT2D eigenvalue weighted by Gasteiger charge is -2.36. The zero-order chi connectivity index (χ0) is 17.5. The van der Waals surface area contributed by atoms with E-state index in [0.717, 1.165) is 24.0 Å². The van der Waals surface area contributed by atoms with Crippen molar-refractivity contribution in [3.05, 3.63) is 83.9 Å². The molecule has 25 heavy (non-hydrogen) atoms. The van der Waals surface area contributed by atoms with Gasteiger partial charge in [-0.05, 0) is 24.0 Å². The second kappa shape index (κ2) is 7.99. The number of hydrogen-bond donors (Lipinski definition) is 2. The summed E-state index contributed by atoms with van der Waals surface area (Å²) < 4.78 is 5.38. The first-order valence-electron chi connectivity index (χ1n) is 8.51. The van der Waals surface area contributed by atoms with Gasteiger partial charge < -0.3 is 15.2 Å². The molecule has 0 heterocycles. The van der Waals surface area contributed by atoms with Gasteiger partial charge in [-0.3, -0.25) is 0 Å². The van der Waals surface area contributed by atoms with E-state index in [1.165, 1.54) is 0 Å². The van der Waals surface area contributed by atoms with Gasteiger partial charge in [-0.2, -0.15) is 0 Å². The fourth-order valence-corrected chi connectivity index (χ4v) is 3.29. The normalized spacial score (nSPS) is 16.4. The summed E-state index contributed by atoms with van der Waals surface area (Å²) in [6.07, 6.45) is 5.09. The van der Waals surface area contributed by atoms with Gasteiger partial charge in [-0.1, -0.05) is 72.8 Å². The summed E-state index contributed by atoms with van der Waals surface area (Å²) in [4.78, 5) is 12.4. The number of nitrogens with one attached hydrogen (secondary N) is 1. The van der Waals surface area contributed by atoms with Gasteiger partial charge in [0.15, 0.2) is 0 Å². The average molecular weight is 337 g/mol. The first-order valence-corrected chi connectivity index (χ1v) is 8.51. The van der Waals surface area contributed by atoms with Gasteiger partial charge in [0.05, 0.1) is 12.6 Å². The number of aliphatic hydroxyl groups excluding tert-OH is 1. The second-order valence-electron chi connectivity index (χ2n) is 6.45. The highest BCUT2D eigenvalue weighted by Crippen LogP contribution is 2.44. The van der Waals surface area contributed by atoms with E-state index in [0.29, 0.717) is 0 Å². The van der Waals surface area contributed by atoms with Crippen molar-refractivity contribution in [2.24, 2.45) is 5.41 Å². The Morgan fingerprint density at radius 3 is 2.24 bits per heavy atom. The largest absolute Gasteiger partial charge is 0.445 e. The molecule has 2 aromatic rings. The maximum absolute atomic E-state index is 12.4. The van der Waals surface area contributed by atoms with E-state index in [2.05, 4.69) is 17.5 Å². The van der Waals surface area contributed by atoms with Crippen molar-refractivity contribution >= 4 is 6.09 Å². The smallest absolute Gasteiger partial charge is 0.407 e. The van der Waals surface area contributed by atoms with Crippen molar-refractivity contribution < 1.29 is 14.6 Å². The lowest BCUT2D eigenvalue weighted by Crippen LogP contribution is -2.42. The Hall–Kier alpha value is -2.59. The van der Waals surface area contributed by atoms with Crippen molar-refractivity contribution in [3.8, 4) is 0 Å². The lowest BCUT2D eigenvalue weighted by atomic mass is 9.75. The molecule has 2 aromatic carbocycles. The summed E-state index contributed by atoms with van der Waals surface area (Å²) in [7, 11) is 0. The highest BCUT2D eigenvalue weighted by molar-refractivity contribution is 5.68. The number of amides is 1. The van der Waals surface area contributed by atoms with Crippen LogP contribution in [-0.4, -0.2) is 17.8 Å². The van der Waals surface area contributed by atoms with Crippen LogP contribution in [0.1, 0.15) is 30.0 Å². The number of hydrogen-bond acceptors (Lipinski definition) is 3. The summed E-state index contributed by atoms with van der Waals surface area (Å²) >= 11 is 0. The number of carbonyl (C=O) groups excluding carboxylic acids is 1. The predicted octanol–water partition coefficient (Wildman–Crippen LogP) is 3.98. The van der Waals surface area contributed by atoms with Crippen LogP contribution < -0.4 is 5.32 Å². The molecule has 0 aromatic heterocycles. The molecule has 4 heteroatoms. The van der Waals surface area contributed by atoms with Crippen LogP contribution >= 0.6 is 0 Å². The van der Waals surface area contributed by atoms with E-state index in [1.54, 1.807) is 0 Å². The molecule has 0 fully saturated rings. The second-order valence-corrected chi connectivity index (χ2v) is 6.45. The van der Waals surface area contributed by atoms with Crippen LogP contribution in [0.5, 0.6) is 0 Å². The molecule has 130 valence electrons. The van der Waals surface area contributed by atoms with Crippen molar-refractivity contribution in [2.75, 3.05) is 6.61 Å². The van der Waals surface area contributed by atoms with Crippen molar-refractivity contribution in [1.82, 2.24) is 5.32 Å². The highest BCUT2D eigenvalue weighted by Gasteiger charge is 2.40. The van der Waals surface area contributed by atoms with Crippen LogP contribution in [0, 0.1) is 5.41 Å². The summed E-state index contributed by atoms with van der Waals surface area (Å²) in [6.45, 7) is 0.219. The van der Waals surface area contributed by atoms with Crippen LogP contribution in [-0.2, 0) is 11.3 Å². The Balaban J connectivity index is 1.72. The van der Waals surface area contributed by atoms with Gasteiger partial charge in [0.2, 0.25) is 0 Å². The van der Waals surface area contributed by atoms with Crippen LogP contribution in [0.25, 0.3) is 0 Å². The minimum absolute atomic E-state index is 0.00146. The van der Waals surface area contributed by atoms with Crippen LogP contribution in [0.4, 0.5) is 4.79 Å². The first-order chi connectivity index (χ1) is 12.2. The molecule has 1 aliphatic carbocycles. The van der Waals surface area contributed by atoms with Gasteiger partial charge in [-0.15, -0.1) is 0 Å². The first kappa shape index (κ1) is 17.2. The lowest BCUT2D eigenvalue weighted by molar-refractivity contribution is 0.0792. The fourth-order valence-electron chi connectivity index (χ4n) is 3.29. The molecule has 0 bridgehead atoms. The molecule has 2 N–H and O–H groups in total. The number of alkyl carbamates (subject to hydrolysis) is 1. The molecule has 1 atom stereocenters. The number of allylic oxidation sites excluding steroid dienone is 2. The summed E-state index contributed by atoms with van der Waals surface area (Å²) in [5.41, 5.74) is 1.48. The molecule has 0 saturated heterocycles. The van der Waals surface area contributed by atoms with E-state index in [1.807, 2.05) is 60.7 Å². The van der Waals surface area contributed by atoms with E-state index in [-0.39, 0.29) is 19.3 Å². The van der Waals surface area contributed by atoms with E-state index in [9.17, 15) is 9.90 Å². The van der Waals surface area contributed by atoms with Crippen LogP contribution in [0.15, 0.2) is 72.8 Å². The standard InChI is InChI=1S/C21H23NO3/c23-16-21(13-7-8-14-21)19(18-11-5-2-6-12-18)22-20(24)25-15-17-9-3-1-4-10-17/h1-12,19,23H,13-16H2,(H,22,24). The van der Waals surface area contributed by atoms with Gasteiger partial charge in [0.1, 0.15) is 6.61 Å². The molecular formula is C21H23NO3. The van der Waals surface area contributed by atoms with Gasteiger partial charge in [-0.25, -0.2) is 4.79 Å². The van der Waals surface area contributed by atoms with Gasteiger partial charge in [0, 0.05) is 5.41 Å². The van der Waals surface area contributed by atoms with Gasteiger partial charge in [0.25, 0.3) is 0 Å². The molecule has 4 nitrogen and oxygen atoms in total. The van der Waals surface area contributed by atoms with E-state index >= 15 is 0 Å². The molecule has 1 unspecified atom stereocenters. The summed E-state index contributed by atoms with van der Waals surface area (Å²) in [6, 6.07) is 19.0. The molecule has 0 radical (unpaired) electrons. The maximum Gasteiger partial charge on any atom is 0.407 e. The average Bonchev–Trinajstić information content (AvgIpc) is 3.16. The van der Waals surface area contributed by atoms with Gasteiger partial charge >= 0.3 is 6.09 Å². The summed E-state index contributed by atoms with van der Waals surface area (Å²) in [5, 5.41) is 13.0. The quantitative estimate of drug-likeness (QED) is 0.784. The third-order valence-corrected chi connectivity index (χ3v) is 4.75. The highest BCUT2D eigenvalue weighted by atomic mass is 16.5. The number of rotatable bonds is 6. The molecule has 1 aliphatic rings. The number of aliphatic hydroxyl groups is 1. The topological polar surface area (TPSA) is 58.6 Å². The zero-order valence-corrected chi connectivity index (χ0v) is 14.1. The molecule has 1 amide bonds. The van der Waals surface area contributed by atoms with Crippen molar-refractivity contribution in [3.63, 3.8) is 0 Å².